The van der Waals surface area contributed by atoms with Crippen molar-refractivity contribution in [3.05, 3.63) is 58.2 Å². The maximum Gasteiger partial charge on any atom is 0.0604 e. The largest absolute Gasteiger partial charge is 0.330 e. The first-order valence-corrected chi connectivity index (χ1v) is 10.3. The van der Waals surface area contributed by atoms with Crippen molar-refractivity contribution in [3.8, 4) is 0 Å². The molecule has 0 amide bonds. The molecule has 1 aliphatic heterocycles. The number of likely N-dealkylation sites (tertiary alicyclic amines) is 1. The van der Waals surface area contributed by atoms with E-state index in [-0.39, 0.29) is 0 Å². The lowest BCUT2D eigenvalue weighted by molar-refractivity contribution is 0.0744. The second-order valence-electron chi connectivity index (χ2n) is 8.13. The van der Waals surface area contributed by atoms with Crippen molar-refractivity contribution in [1.29, 1.82) is 0 Å². The Balaban J connectivity index is 1.96. The lowest BCUT2D eigenvalue weighted by atomic mass is 9.88. The van der Waals surface area contributed by atoms with Crippen LogP contribution in [-0.4, -0.2) is 28.0 Å². The van der Waals surface area contributed by atoms with E-state index in [1.165, 1.54) is 52.9 Å². The monoisotopic (exact) mass is 366 g/mol. The third kappa shape index (κ3) is 4.56. The Bertz CT molecular complexity index is 711. The van der Waals surface area contributed by atoms with Crippen molar-refractivity contribution in [1.82, 2.24) is 14.9 Å². The molecule has 4 nitrogen and oxygen atoms in total. The Kier molecular flexibility index (Phi) is 6.61. The fraction of sp³-hybridized carbons (Fsp3) is 0.565. The van der Waals surface area contributed by atoms with Gasteiger partial charge >= 0.3 is 0 Å². The number of pyridine rings is 2. The van der Waals surface area contributed by atoms with Crippen LogP contribution in [0.2, 0.25) is 0 Å². The van der Waals surface area contributed by atoms with E-state index >= 15 is 0 Å². The molecule has 146 valence electrons. The van der Waals surface area contributed by atoms with Gasteiger partial charge in [-0.1, -0.05) is 12.1 Å². The molecule has 2 N–H and O–H groups in total. The van der Waals surface area contributed by atoms with Crippen molar-refractivity contribution in [2.24, 2.45) is 5.73 Å². The first-order chi connectivity index (χ1) is 13.0. The molecule has 1 saturated heterocycles. The number of hydrogen-bond donors (Lipinski definition) is 1. The molecule has 3 rings (SSSR count). The lowest BCUT2D eigenvalue weighted by Gasteiger charge is -2.42. The summed E-state index contributed by atoms with van der Waals surface area (Å²) >= 11 is 0. The molecule has 2 aromatic heterocycles. The van der Waals surface area contributed by atoms with Crippen LogP contribution < -0.4 is 5.73 Å². The Labute approximate surface area is 164 Å². The second kappa shape index (κ2) is 8.94. The minimum absolute atomic E-state index is 0.365. The van der Waals surface area contributed by atoms with E-state index in [1.807, 2.05) is 12.4 Å². The molecule has 0 saturated carbocycles. The van der Waals surface area contributed by atoms with Crippen LogP contribution in [-0.2, 0) is 0 Å². The summed E-state index contributed by atoms with van der Waals surface area (Å²) in [5, 5.41) is 0. The fourth-order valence-electron chi connectivity index (χ4n) is 4.54. The minimum Gasteiger partial charge on any atom is -0.330 e. The number of nitrogens with two attached hydrogens (primary N) is 1. The van der Waals surface area contributed by atoms with Crippen LogP contribution in [0.5, 0.6) is 0 Å². The Morgan fingerprint density at radius 1 is 0.889 bits per heavy atom. The van der Waals surface area contributed by atoms with Crippen LogP contribution >= 0.6 is 0 Å². The van der Waals surface area contributed by atoms with Gasteiger partial charge in [0.25, 0.3) is 0 Å². The normalized spacial score (nSPS) is 20.8. The molecule has 2 atom stereocenters. The summed E-state index contributed by atoms with van der Waals surface area (Å²) in [4.78, 5) is 12.4. The molecular formula is C23H34N4. The topological polar surface area (TPSA) is 55.0 Å². The summed E-state index contributed by atoms with van der Waals surface area (Å²) in [6.45, 7) is 10.4. The average Bonchev–Trinajstić information content (AvgIpc) is 2.63. The quantitative estimate of drug-likeness (QED) is 0.752. The van der Waals surface area contributed by atoms with Gasteiger partial charge in [-0.25, -0.2) is 0 Å². The van der Waals surface area contributed by atoms with Crippen LogP contribution in [0.1, 0.15) is 77.8 Å². The second-order valence-corrected chi connectivity index (χ2v) is 8.13. The van der Waals surface area contributed by atoms with Gasteiger partial charge in [0.2, 0.25) is 0 Å². The molecule has 0 bridgehead atoms. The molecule has 0 aliphatic carbocycles. The Hall–Kier alpha value is -1.78. The predicted octanol–water partition coefficient (Wildman–Crippen LogP) is 4.72. The van der Waals surface area contributed by atoms with Crippen molar-refractivity contribution < 1.29 is 0 Å². The van der Waals surface area contributed by atoms with E-state index in [4.69, 9.17) is 15.7 Å². The highest BCUT2D eigenvalue weighted by molar-refractivity contribution is 5.29. The van der Waals surface area contributed by atoms with Gasteiger partial charge in [-0.2, -0.15) is 0 Å². The highest BCUT2D eigenvalue weighted by Crippen LogP contribution is 2.42. The number of nitrogens with zero attached hydrogens (tertiary/aromatic N) is 3. The third-order valence-electron chi connectivity index (χ3n) is 5.77. The van der Waals surface area contributed by atoms with Crippen molar-refractivity contribution in [3.63, 3.8) is 0 Å². The van der Waals surface area contributed by atoms with E-state index in [9.17, 15) is 0 Å². The number of unbranched alkanes of at least 4 members (excludes halogenated alkanes) is 1. The summed E-state index contributed by atoms with van der Waals surface area (Å²) in [5.74, 6) is 0. The number of aromatic nitrogens is 2. The Morgan fingerprint density at radius 2 is 1.41 bits per heavy atom. The van der Waals surface area contributed by atoms with Gasteiger partial charge in [-0.15, -0.1) is 0 Å². The number of aryl methyl sites for hydroxylation is 4. The zero-order valence-corrected chi connectivity index (χ0v) is 17.3. The van der Waals surface area contributed by atoms with Gasteiger partial charge in [-0.3, -0.25) is 14.9 Å². The smallest absolute Gasteiger partial charge is 0.0604 e. The highest BCUT2D eigenvalue weighted by atomic mass is 15.2. The van der Waals surface area contributed by atoms with Crippen LogP contribution in [0, 0.1) is 27.7 Å². The molecule has 2 aromatic rings. The highest BCUT2D eigenvalue weighted by Gasteiger charge is 2.34. The molecule has 27 heavy (non-hydrogen) atoms. The number of piperidine rings is 1. The minimum atomic E-state index is 0.365. The molecule has 1 aliphatic rings. The summed E-state index contributed by atoms with van der Waals surface area (Å²) in [6.07, 6.45) is 9.77. The molecule has 3 heterocycles. The van der Waals surface area contributed by atoms with E-state index in [0.29, 0.717) is 12.1 Å². The standard InChI is InChI=1S/C23H34N4/c1-16-12-18(3)22(25-14-16)20-8-7-9-21(27(20)11-6-5-10-24)23-19(4)13-17(2)15-26-23/h12-15,20-21H,5-11,24H2,1-4H3/t20-,21+. The van der Waals surface area contributed by atoms with E-state index in [1.54, 1.807) is 0 Å². The predicted molar refractivity (Wildman–Crippen MR) is 112 cm³/mol. The van der Waals surface area contributed by atoms with Crippen LogP contribution in [0.15, 0.2) is 24.5 Å². The molecule has 0 unspecified atom stereocenters. The Morgan fingerprint density at radius 3 is 1.85 bits per heavy atom. The number of hydrogen-bond acceptors (Lipinski definition) is 4. The molecule has 0 aromatic carbocycles. The fourth-order valence-corrected chi connectivity index (χ4v) is 4.54. The summed E-state index contributed by atoms with van der Waals surface area (Å²) in [5.41, 5.74) is 13.3. The third-order valence-corrected chi connectivity index (χ3v) is 5.77. The van der Waals surface area contributed by atoms with E-state index in [0.717, 1.165) is 25.9 Å². The van der Waals surface area contributed by atoms with Gasteiger partial charge in [-0.05, 0) is 95.1 Å². The molecular weight excluding hydrogens is 332 g/mol. The number of rotatable bonds is 6. The molecule has 0 spiro atoms. The average molecular weight is 367 g/mol. The zero-order chi connectivity index (χ0) is 19.4. The van der Waals surface area contributed by atoms with Crippen molar-refractivity contribution in [2.75, 3.05) is 13.1 Å². The van der Waals surface area contributed by atoms with Gasteiger partial charge in [0.15, 0.2) is 0 Å². The van der Waals surface area contributed by atoms with Gasteiger partial charge < -0.3 is 5.73 Å². The maximum atomic E-state index is 5.77. The van der Waals surface area contributed by atoms with Crippen LogP contribution in [0.4, 0.5) is 0 Å². The first-order valence-electron chi connectivity index (χ1n) is 10.3. The van der Waals surface area contributed by atoms with Gasteiger partial charge in [0.05, 0.1) is 23.5 Å². The molecule has 4 heteroatoms. The van der Waals surface area contributed by atoms with Crippen LogP contribution in [0.25, 0.3) is 0 Å². The molecule has 0 radical (unpaired) electrons. The SMILES string of the molecule is Cc1cnc([C@H]2CCC[C@@H](c3ncc(C)cc3C)N2CCCCN)c(C)c1. The van der Waals surface area contributed by atoms with E-state index in [2.05, 4.69) is 44.7 Å². The lowest BCUT2D eigenvalue weighted by Crippen LogP contribution is -2.38. The van der Waals surface area contributed by atoms with Gasteiger partial charge in [0.1, 0.15) is 0 Å². The van der Waals surface area contributed by atoms with Crippen molar-refractivity contribution >= 4 is 0 Å². The summed E-state index contributed by atoms with van der Waals surface area (Å²) in [7, 11) is 0. The zero-order valence-electron chi connectivity index (χ0n) is 17.3. The van der Waals surface area contributed by atoms with E-state index < -0.39 is 0 Å². The summed E-state index contributed by atoms with van der Waals surface area (Å²) < 4.78 is 0. The first kappa shape index (κ1) is 20.0. The van der Waals surface area contributed by atoms with Crippen LogP contribution in [0.3, 0.4) is 0 Å². The molecule has 1 fully saturated rings. The summed E-state index contributed by atoms with van der Waals surface area (Å²) in [6, 6.07) is 5.26. The maximum absolute atomic E-state index is 5.77. The van der Waals surface area contributed by atoms with Crippen molar-refractivity contribution in [2.45, 2.75) is 71.9 Å². The van der Waals surface area contributed by atoms with Gasteiger partial charge in [0, 0.05) is 12.4 Å².